The van der Waals surface area contributed by atoms with Gasteiger partial charge in [0.05, 0.1) is 11.0 Å². The molecule has 0 bridgehead atoms. The SMILES string of the molecule is CCCc1ccc(S(=O)(=O)NCC(O)C2CC2)cc1. The number of sulfonamides is 1. The fraction of sp³-hybridized carbons (Fsp3) is 0.571. The molecule has 1 aromatic rings. The van der Waals surface area contributed by atoms with Crippen LogP contribution in [0.15, 0.2) is 29.2 Å². The summed E-state index contributed by atoms with van der Waals surface area (Å²) in [5, 5.41) is 9.69. The summed E-state index contributed by atoms with van der Waals surface area (Å²) in [6, 6.07) is 6.93. The largest absolute Gasteiger partial charge is 0.391 e. The van der Waals surface area contributed by atoms with Crippen LogP contribution in [0.4, 0.5) is 0 Å². The Labute approximate surface area is 114 Å². The average Bonchev–Trinajstić information content (AvgIpc) is 3.21. The lowest BCUT2D eigenvalue weighted by molar-refractivity contribution is 0.155. The van der Waals surface area contributed by atoms with Crippen LogP contribution in [0.5, 0.6) is 0 Å². The first kappa shape index (κ1) is 14.5. The summed E-state index contributed by atoms with van der Waals surface area (Å²) < 4.78 is 26.5. The van der Waals surface area contributed by atoms with Gasteiger partial charge in [0, 0.05) is 6.54 Å². The van der Waals surface area contributed by atoms with Crippen LogP contribution in [0.2, 0.25) is 0 Å². The van der Waals surface area contributed by atoms with E-state index >= 15 is 0 Å². The van der Waals surface area contributed by atoms with E-state index in [1.54, 1.807) is 12.1 Å². The minimum Gasteiger partial charge on any atom is -0.391 e. The molecule has 1 atom stereocenters. The van der Waals surface area contributed by atoms with Crippen molar-refractivity contribution in [3.63, 3.8) is 0 Å². The summed E-state index contributed by atoms with van der Waals surface area (Å²) in [5.41, 5.74) is 1.14. The number of hydrogen-bond donors (Lipinski definition) is 2. The molecule has 4 nitrogen and oxygen atoms in total. The van der Waals surface area contributed by atoms with Gasteiger partial charge >= 0.3 is 0 Å². The van der Waals surface area contributed by atoms with Gasteiger partial charge in [-0.1, -0.05) is 25.5 Å². The summed E-state index contributed by atoms with van der Waals surface area (Å²) in [6.45, 7) is 2.19. The lowest BCUT2D eigenvalue weighted by atomic mass is 10.1. The van der Waals surface area contributed by atoms with E-state index in [2.05, 4.69) is 11.6 Å². The quantitative estimate of drug-likeness (QED) is 0.800. The standard InChI is InChI=1S/C14H21NO3S/c1-2-3-11-4-8-13(9-5-11)19(17,18)15-10-14(16)12-6-7-12/h4-5,8-9,12,14-16H,2-3,6-7,10H2,1H3. The molecule has 0 amide bonds. The van der Waals surface area contributed by atoms with E-state index in [4.69, 9.17) is 0 Å². The molecule has 1 aromatic carbocycles. The van der Waals surface area contributed by atoms with Crippen molar-refractivity contribution >= 4 is 10.0 Å². The van der Waals surface area contributed by atoms with Gasteiger partial charge in [-0.25, -0.2) is 13.1 Å². The molecule has 5 heteroatoms. The molecule has 0 radical (unpaired) electrons. The number of aryl methyl sites for hydroxylation is 1. The smallest absolute Gasteiger partial charge is 0.240 e. The molecule has 0 spiro atoms. The zero-order valence-corrected chi connectivity index (χ0v) is 12.0. The molecule has 0 heterocycles. The van der Waals surface area contributed by atoms with Crippen molar-refractivity contribution in [1.29, 1.82) is 0 Å². The lowest BCUT2D eigenvalue weighted by Gasteiger charge is -2.11. The number of hydrogen-bond acceptors (Lipinski definition) is 3. The zero-order chi connectivity index (χ0) is 13.9. The Hall–Kier alpha value is -0.910. The van der Waals surface area contributed by atoms with Crippen molar-refractivity contribution in [2.45, 2.75) is 43.6 Å². The van der Waals surface area contributed by atoms with E-state index in [1.807, 2.05) is 12.1 Å². The van der Waals surface area contributed by atoms with Crippen LogP contribution in [-0.4, -0.2) is 26.2 Å². The Balaban J connectivity index is 1.97. The van der Waals surface area contributed by atoms with Crippen molar-refractivity contribution in [2.24, 2.45) is 5.92 Å². The molecule has 2 N–H and O–H groups in total. The molecule has 1 saturated carbocycles. The molecule has 1 aliphatic rings. The van der Waals surface area contributed by atoms with Crippen molar-refractivity contribution in [3.05, 3.63) is 29.8 Å². The third-order valence-electron chi connectivity index (χ3n) is 3.42. The van der Waals surface area contributed by atoms with E-state index < -0.39 is 16.1 Å². The zero-order valence-electron chi connectivity index (χ0n) is 11.2. The highest BCUT2D eigenvalue weighted by atomic mass is 32.2. The predicted molar refractivity (Wildman–Crippen MR) is 74.4 cm³/mol. The van der Waals surface area contributed by atoms with Gasteiger partial charge in [0.15, 0.2) is 0 Å². The third-order valence-corrected chi connectivity index (χ3v) is 4.86. The van der Waals surface area contributed by atoms with Crippen LogP contribution in [0.1, 0.15) is 31.7 Å². The highest BCUT2D eigenvalue weighted by Crippen LogP contribution is 2.32. The van der Waals surface area contributed by atoms with Crippen molar-refractivity contribution < 1.29 is 13.5 Å². The Morgan fingerprint density at radius 3 is 2.47 bits per heavy atom. The molecular formula is C14H21NO3S. The van der Waals surface area contributed by atoms with Crippen molar-refractivity contribution in [1.82, 2.24) is 4.72 Å². The van der Waals surface area contributed by atoms with Crippen LogP contribution in [0.3, 0.4) is 0 Å². The molecule has 1 unspecified atom stereocenters. The van der Waals surface area contributed by atoms with Crippen LogP contribution in [0, 0.1) is 5.92 Å². The maximum atomic E-state index is 12.0. The van der Waals surface area contributed by atoms with Crippen LogP contribution in [-0.2, 0) is 16.4 Å². The minimum atomic E-state index is -3.50. The first-order valence-electron chi connectivity index (χ1n) is 6.79. The monoisotopic (exact) mass is 283 g/mol. The van der Waals surface area contributed by atoms with Crippen LogP contribution in [0.25, 0.3) is 0 Å². The van der Waals surface area contributed by atoms with E-state index in [9.17, 15) is 13.5 Å². The molecule has 0 aliphatic heterocycles. The van der Waals surface area contributed by atoms with Gasteiger partial charge in [-0.2, -0.15) is 0 Å². The molecule has 1 aliphatic carbocycles. The first-order chi connectivity index (χ1) is 9.03. The molecule has 106 valence electrons. The van der Waals surface area contributed by atoms with E-state index in [1.165, 1.54) is 0 Å². The normalized spacial score (nSPS) is 17.4. The number of benzene rings is 1. The van der Waals surface area contributed by atoms with Gasteiger partial charge < -0.3 is 5.11 Å². The Kier molecular flexibility index (Phi) is 4.60. The minimum absolute atomic E-state index is 0.101. The van der Waals surface area contributed by atoms with Gasteiger partial charge in [0.25, 0.3) is 0 Å². The Morgan fingerprint density at radius 2 is 1.95 bits per heavy atom. The van der Waals surface area contributed by atoms with Gasteiger partial charge in [0.2, 0.25) is 10.0 Å². The van der Waals surface area contributed by atoms with Gasteiger partial charge in [-0.3, -0.25) is 0 Å². The highest BCUT2D eigenvalue weighted by molar-refractivity contribution is 7.89. The van der Waals surface area contributed by atoms with Crippen molar-refractivity contribution in [2.75, 3.05) is 6.54 Å². The summed E-state index contributed by atoms with van der Waals surface area (Å²) >= 11 is 0. The molecule has 19 heavy (non-hydrogen) atoms. The van der Waals surface area contributed by atoms with Gasteiger partial charge in [0.1, 0.15) is 0 Å². The molecular weight excluding hydrogens is 262 g/mol. The lowest BCUT2D eigenvalue weighted by Crippen LogP contribution is -2.33. The second kappa shape index (κ2) is 6.03. The first-order valence-corrected chi connectivity index (χ1v) is 8.28. The summed E-state index contributed by atoms with van der Waals surface area (Å²) in [7, 11) is -3.50. The van der Waals surface area contributed by atoms with Crippen LogP contribution >= 0.6 is 0 Å². The summed E-state index contributed by atoms with van der Waals surface area (Å²) in [5.74, 6) is 0.273. The second-order valence-electron chi connectivity index (χ2n) is 5.15. The Morgan fingerprint density at radius 1 is 1.32 bits per heavy atom. The second-order valence-corrected chi connectivity index (χ2v) is 6.92. The third kappa shape index (κ3) is 4.03. The molecule has 2 rings (SSSR count). The summed E-state index contributed by atoms with van der Waals surface area (Å²) in [4.78, 5) is 0.260. The maximum absolute atomic E-state index is 12.0. The predicted octanol–water partition coefficient (Wildman–Crippen LogP) is 1.69. The van der Waals surface area contributed by atoms with E-state index in [0.29, 0.717) is 0 Å². The van der Waals surface area contributed by atoms with E-state index in [0.717, 1.165) is 31.2 Å². The van der Waals surface area contributed by atoms with Crippen LogP contribution < -0.4 is 4.72 Å². The van der Waals surface area contributed by atoms with E-state index in [-0.39, 0.29) is 17.4 Å². The number of rotatable bonds is 7. The average molecular weight is 283 g/mol. The molecule has 0 saturated heterocycles. The fourth-order valence-electron chi connectivity index (χ4n) is 2.05. The molecule has 0 aromatic heterocycles. The topological polar surface area (TPSA) is 66.4 Å². The highest BCUT2D eigenvalue weighted by Gasteiger charge is 2.30. The Bertz CT molecular complexity index is 506. The van der Waals surface area contributed by atoms with Gasteiger partial charge in [-0.05, 0) is 42.9 Å². The van der Waals surface area contributed by atoms with Gasteiger partial charge in [-0.15, -0.1) is 0 Å². The maximum Gasteiger partial charge on any atom is 0.240 e. The number of aliphatic hydroxyl groups excluding tert-OH is 1. The van der Waals surface area contributed by atoms with Crippen molar-refractivity contribution in [3.8, 4) is 0 Å². The molecule has 1 fully saturated rings. The summed E-state index contributed by atoms with van der Waals surface area (Å²) in [6.07, 6.45) is 3.42. The number of aliphatic hydroxyl groups is 1. The fourth-order valence-corrected chi connectivity index (χ4v) is 3.10. The number of nitrogens with one attached hydrogen (secondary N) is 1.